The van der Waals surface area contributed by atoms with Gasteiger partial charge in [0.05, 0.1) is 0 Å². The molecule has 0 saturated carbocycles. The predicted molar refractivity (Wildman–Crippen MR) is 29.8 cm³/mol. The number of hydrogen-bond acceptors (Lipinski definition) is 0. The van der Waals surface area contributed by atoms with Gasteiger partial charge < -0.3 is 0 Å². The molecule has 0 aliphatic heterocycles. The zero-order chi connectivity index (χ0) is 4.83. The first-order valence-corrected chi connectivity index (χ1v) is 2.91. The second kappa shape index (κ2) is 5.00. The first-order chi connectivity index (χ1) is 2.91. The highest BCUT2D eigenvalue weighted by Crippen LogP contribution is 1.95. The van der Waals surface area contributed by atoms with Crippen LogP contribution < -0.4 is 0 Å². The van der Waals surface area contributed by atoms with Crippen molar-refractivity contribution in [3.05, 3.63) is 0 Å². The van der Waals surface area contributed by atoms with Crippen LogP contribution in [0.15, 0.2) is 0 Å². The molecule has 0 bridgehead atoms. The van der Waals surface area contributed by atoms with Gasteiger partial charge in [-0.3, -0.25) is 0 Å². The van der Waals surface area contributed by atoms with Gasteiger partial charge in [0.25, 0.3) is 0 Å². The van der Waals surface area contributed by atoms with Crippen LogP contribution in [0.5, 0.6) is 0 Å². The van der Waals surface area contributed by atoms with Crippen LogP contribution in [-0.4, -0.2) is 0 Å². The van der Waals surface area contributed by atoms with Crippen molar-refractivity contribution in [1.82, 2.24) is 0 Å². The Morgan fingerprint density at radius 1 is 1.33 bits per heavy atom. The van der Waals surface area contributed by atoms with Gasteiger partial charge in [-0.1, -0.05) is 39.5 Å². The Kier molecular flexibility index (Phi) is 5.00. The lowest BCUT2D eigenvalue weighted by Gasteiger charge is -1.86. The zero-order valence-corrected chi connectivity index (χ0v) is 4.83. The van der Waals surface area contributed by atoms with Gasteiger partial charge in [-0.15, -0.1) is 0 Å². The van der Waals surface area contributed by atoms with E-state index in [-0.39, 0.29) is 0 Å². The van der Waals surface area contributed by atoms with Crippen LogP contribution in [0.2, 0.25) is 0 Å². The summed E-state index contributed by atoms with van der Waals surface area (Å²) in [5, 5.41) is 0. The van der Waals surface area contributed by atoms with E-state index in [1.54, 1.807) is 0 Å². The third kappa shape index (κ3) is 4.00. The van der Waals surface area contributed by atoms with Gasteiger partial charge >= 0.3 is 0 Å². The van der Waals surface area contributed by atoms with E-state index >= 15 is 0 Å². The fourth-order valence-corrected chi connectivity index (χ4v) is 0.500. The molecule has 0 aliphatic rings. The summed E-state index contributed by atoms with van der Waals surface area (Å²) in [5.74, 6) is 0. The molecule has 0 atom stereocenters. The molecule has 0 heteroatoms. The number of rotatable bonds is 3. The second-order valence-electron chi connectivity index (χ2n) is 1.71. The van der Waals surface area contributed by atoms with E-state index in [9.17, 15) is 0 Å². The molecule has 38 valence electrons. The molecule has 0 spiro atoms. The fourth-order valence-electron chi connectivity index (χ4n) is 0.500. The van der Waals surface area contributed by atoms with Gasteiger partial charge in [0.15, 0.2) is 0 Å². The van der Waals surface area contributed by atoms with E-state index in [1.807, 2.05) is 0 Å². The summed E-state index contributed by atoms with van der Waals surface area (Å²) >= 11 is 0. The van der Waals surface area contributed by atoms with Crippen molar-refractivity contribution in [2.45, 2.75) is 39.5 Å². The Balaban J connectivity index is 2.34. The van der Waals surface area contributed by atoms with Crippen LogP contribution in [0, 0.1) is 0 Å². The Bertz CT molecular complexity index is 12.0. The van der Waals surface area contributed by atoms with E-state index in [2.05, 4.69) is 13.8 Å². The summed E-state index contributed by atoms with van der Waals surface area (Å²) in [5.41, 5.74) is 0. The highest BCUT2D eigenvalue weighted by atomic mass is 14.5. The third-order valence-corrected chi connectivity index (χ3v) is 0.957. The largest absolute Gasteiger partial charge is 0.0654 e. The summed E-state index contributed by atoms with van der Waals surface area (Å²) in [6.45, 7) is 4.46. The Labute approximate surface area is 40.6 Å². The Hall–Kier alpha value is 0. The molecule has 6 heavy (non-hydrogen) atoms. The van der Waals surface area contributed by atoms with Crippen molar-refractivity contribution >= 4 is 0 Å². The Morgan fingerprint density at radius 2 is 2.00 bits per heavy atom. The molecule has 0 rings (SSSR count). The van der Waals surface area contributed by atoms with E-state index in [0.717, 1.165) is 0 Å². The molecule has 0 nitrogen and oxygen atoms in total. The average molecular weight is 88.2 g/mol. The normalized spacial score (nSPS) is 9.00. The highest BCUT2D eigenvalue weighted by molar-refractivity contribution is 4.31. The van der Waals surface area contributed by atoms with Gasteiger partial charge in [0, 0.05) is 0 Å². The van der Waals surface area contributed by atoms with E-state index < -0.39 is 0 Å². The topological polar surface area (TPSA) is 0 Å². The molecule has 0 N–H and O–H groups in total. The summed E-state index contributed by atoms with van der Waals surface area (Å²) in [6, 6.07) is 0. The van der Waals surface area contributed by atoms with Crippen LogP contribution >= 0.6 is 0 Å². The molecule has 0 radical (unpaired) electrons. The standard InChI is InChI=1S/C6H14/c1-3-5-6-4-2/h3-6H2,1-2H3/i1+2. The quantitative estimate of drug-likeness (QED) is 0.465. The number of hydrogen-bond donors (Lipinski definition) is 0. The molecule has 0 saturated heterocycles. The van der Waals surface area contributed by atoms with Crippen LogP contribution in [0.3, 0.4) is 0 Å². The maximum atomic E-state index is 2.23. The predicted octanol–water partition coefficient (Wildman–Crippen LogP) is 2.59. The van der Waals surface area contributed by atoms with Crippen molar-refractivity contribution < 1.29 is 0 Å². The van der Waals surface area contributed by atoms with Crippen molar-refractivity contribution in [2.75, 3.05) is 0 Å². The third-order valence-electron chi connectivity index (χ3n) is 0.957. The minimum Gasteiger partial charge on any atom is -0.0654 e. The van der Waals surface area contributed by atoms with Gasteiger partial charge in [-0.2, -0.15) is 0 Å². The minimum atomic E-state index is 1.36. The maximum absolute atomic E-state index is 2.23. The number of unbranched alkanes of at least 4 members (excludes halogenated alkanes) is 3. The molecule has 0 aliphatic carbocycles. The van der Waals surface area contributed by atoms with Crippen molar-refractivity contribution in [1.29, 1.82) is 0 Å². The van der Waals surface area contributed by atoms with Crippen LogP contribution in [0.4, 0.5) is 0 Å². The molecule has 0 amide bonds. The summed E-state index contributed by atoms with van der Waals surface area (Å²) in [6.07, 6.45) is 5.54. The second-order valence-corrected chi connectivity index (χ2v) is 1.71. The van der Waals surface area contributed by atoms with Gasteiger partial charge in [0.2, 0.25) is 0 Å². The molecule has 0 heterocycles. The molecule has 0 fully saturated rings. The van der Waals surface area contributed by atoms with E-state index in [4.69, 9.17) is 0 Å². The van der Waals surface area contributed by atoms with Crippen molar-refractivity contribution in [3.63, 3.8) is 0 Å². The minimum absolute atomic E-state index is 1.36. The lowest BCUT2D eigenvalue weighted by atomic mass is 10.3. The van der Waals surface area contributed by atoms with Gasteiger partial charge in [0.1, 0.15) is 0 Å². The van der Waals surface area contributed by atoms with Gasteiger partial charge in [-0.25, -0.2) is 0 Å². The monoisotopic (exact) mass is 88.1 g/mol. The van der Waals surface area contributed by atoms with Crippen LogP contribution in [0.25, 0.3) is 0 Å². The lowest BCUT2D eigenvalue weighted by molar-refractivity contribution is 0.702. The molecular weight excluding hydrogens is 74.1 g/mol. The summed E-state index contributed by atoms with van der Waals surface area (Å²) in [4.78, 5) is 0. The van der Waals surface area contributed by atoms with E-state index in [0.29, 0.717) is 0 Å². The van der Waals surface area contributed by atoms with E-state index in [1.165, 1.54) is 25.7 Å². The summed E-state index contributed by atoms with van der Waals surface area (Å²) in [7, 11) is 0. The maximum Gasteiger partial charge on any atom is -0.0536 e. The van der Waals surface area contributed by atoms with Gasteiger partial charge in [-0.05, 0) is 0 Å². The van der Waals surface area contributed by atoms with Crippen molar-refractivity contribution in [3.8, 4) is 0 Å². The first kappa shape index (κ1) is 6.00. The summed E-state index contributed by atoms with van der Waals surface area (Å²) < 4.78 is 0. The molecule has 0 aromatic carbocycles. The zero-order valence-electron chi connectivity index (χ0n) is 4.83. The first-order valence-electron chi connectivity index (χ1n) is 2.91. The molecule has 0 aromatic rings. The van der Waals surface area contributed by atoms with Crippen LogP contribution in [-0.2, 0) is 0 Å². The Morgan fingerprint density at radius 3 is 2.17 bits per heavy atom. The molecular formula is C6H14. The van der Waals surface area contributed by atoms with Crippen molar-refractivity contribution in [2.24, 2.45) is 0 Å². The highest BCUT2D eigenvalue weighted by Gasteiger charge is 1.75. The smallest absolute Gasteiger partial charge is 0.0536 e. The fraction of sp³-hybridized carbons (Fsp3) is 1.00. The van der Waals surface area contributed by atoms with Crippen LogP contribution in [0.1, 0.15) is 39.5 Å². The molecule has 0 unspecified atom stereocenters. The average Bonchev–Trinajstić information content (AvgIpc) is 1.61. The SMILES string of the molecule is CCCCC[14CH3]. The lowest BCUT2D eigenvalue weighted by Crippen LogP contribution is -1.66. The molecule has 0 aromatic heterocycles.